The van der Waals surface area contributed by atoms with Gasteiger partial charge in [-0.1, -0.05) is 17.3 Å². The fraction of sp³-hybridized carbons (Fsp3) is 0.357. The Balaban J connectivity index is 0.00000242. The molecular weight excluding hydrogens is 308 g/mol. The molecule has 7 nitrogen and oxygen atoms in total. The van der Waals surface area contributed by atoms with Crippen LogP contribution in [-0.4, -0.2) is 35.7 Å². The number of carbonyl (C=O) groups excluding carboxylic acids is 1. The largest absolute Gasteiger partial charge is 0.483 e. The van der Waals surface area contributed by atoms with E-state index in [2.05, 4.69) is 15.5 Å². The number of amides is 1. The number of para-hydroxylation sites is 1. The van der Waals surface area contributed by atoms with Crippen LogP contribution in [0.2, 0.25) is 0 Å². The molecular formula is C14H19ClN4O3. The van der Waals surface area contributed by atoms with Crippen LogP contribution in [0, 0.1) is 0 Å². The summed E-state index contributed by atoms with van der Waals surface area (Å²) in [5.74, 6) is 0.900. The molecule has 1 aromatic carbocycles. The molecule has 0 saturated heterocycles. The van der Waals surface area contributed by atoms with Gasteiger partial charge >= 0.3 is 0 Å². The third-order valence-corrected chi connectivity index (χ3v) is 2.94. The summed E-state index contributed by atoms with van der Waals surface area (Å²) in [6.45, 7) is 1.83. The smallest absolute Gasteiger partial charge is 0.261 e. The molecule has 0 aliphatic rings. The Morgan fingerprint density at radius 1 is 1.45 bits per heavy atom. The number of ether oxygens (including phenoxy) is 1. The van der Waals surface area contributed by atoms with Crippen molar-refractivity contribution in [3.05, 3.63) is 30.1 Å². The maximum atomic E-state index is 10.8. The second-order valence-electron chi connectivity index (χ2n) is 4.66. The number of rotatable bonds is 7. The molecule has 3 N–H and O–H groups in total. The molecule has 0 aliphatic carbocycles. The third kappa shape index (κ3) is 4.71. The maximum Gasteiger partial charge on any atom is 0.261 e. The van der Waals surface area contributed by atoms with Crippen LogP contribution in [-0.2, 0) is 11.2 Å². The predicted molar refractivity (Wildman–Crippen MR) is 83.9 cm³/mol. The molecule has 0 saturated carbocycles. The minimum atomic E-state index is -0.543. The minimum absolute atomic E-state index is 0. The molecule has 0 bridgehead atoms. The molecule has 1 heterocycles. The lowest BCUT2D eigenvalue weighted by atomic mass is 10.2. The van der Waals surface area contributed by atoms with Crippen LogP contribution in [0.3, 0.4) is 0 Å². The van der Waals surface area contributed by atoms with Crippen molar-refractivity contribution in [1.82, 2.24) is 15.5 Å². The summed E-state index contributed by atoms with van der Waals surface area (Å²) in [5.41, 5.74) is 5.71. The van der Waals surface area contributed by atoms with Crippen molar-refractivity contribution >= 4 is 18.3 Å². The Morgan fingerprint density at radius 3 is 2.86 bits per heavy atom. The highest BCUT2D eigenvalue weighted by Gasteiger charge is 2.15. The van der Waals surface area contributed by atoms with E-state index in [0.29, 0.717) is 29.4 Å². The van der Waals surface area contributed by atoms with Crippen LogP contribution in [0.15, 0.2) is 28.8 Å². The van der Waals surface area contributed by atoms with Crippen LogP contribution in [0.5, 0.6) is 5.75 Å². The van der Waals surface area contributed by atoms with E-state index in [4.69, 9.17) is 15.0 Å². The van der Waals surface area contributed by atoms with E-state index in [1.165, 1.54) is 0 Å². The number of hydrogen-bond donors (Lipinski definition) is 2. The summed E-state index contributed by atoms with van der Waals surface area (Å²) in [6, 6.07) is 7.37. The monoisotopic (exact) mass is 326 g/mol. The van der Waals surface area contributed by atoms with Crippen molar-refractivity contribution in [2.24, 2.45) is 5.73 Å². The first-order valence-corrected chi connectivity index (χ1v) is 6.60. The van der Waals surface area contributed by atoms with Crippen molar-refractivity contribution in [2.45, 2.75) is 19.4 Å². The SMILES string of the molecule is CNC(C)Cc1noc(-c2ccccc2OCC(N)=O)n1.Cl. The van der Waals surface area contributed by atoms with Gasteiger partial charge in [0.15, 0.2) is 12.4 Å². The Hall–Kier alpha value is -2.12. The molecule has 1 unspecified atom stereocenters. The number of primary amides is 1. The molecule has 0 fully saturated rings. The molecule has 0 radical (unpaired) electrons. The quantitative estimate of drug-likeness (QED) is 0.791. The summed E-state index contributed by atoms with van der Waals surface area (Å²) >= 11 is 0. The zero-order valence-electron chi connectivity index (χ0n) is 12.4. The van der Waals surface area contributed by atoms with Crippen LogP contribution in [0.1, 0.15) is 12.7 Å². The number of carbonyl (C=O) groups is 1. The summed E-state index contributed by atoms with van der Waals surface area (Å²) in [7, 11) is 1.87. The second kappa shape index (κ2) is 8.35. The van der Waals surface area contributed by atoms with Gasteiger partial charge in [0, 0.05) is 12.5 Å². The highest BCUT2D eigenvalue weighted by Crippen LogP contribution is 2.28. The number of benzene rings is 1. The summed E-state index contributed by atoms with van der Waals surface area (Å²) in [5, 5.41) is 7.05. The standard InChI is InChI=1S/C14H18N4O3.ClH/c1-9(16-2)7-13-17-14(21-18-13)10-5-3-4-6-11(10)20-8-12(15)19;/h3-6,9,16H,7-8H2,1-2H3,(H2,15,19);1H. The van der Waals surface area contributed by atoms with Gasteiger partial charge in [0.1, 0.15) is 5.75 Å². The molecule has 8 heteroatoms. The number of nitrogens with zero attached hydrogens (tertiary/aromatic N) is 2. The van der Waals surface area contributed by atoms with E-state index in [0.717, 1.165) is 0 Å². The van der Waals surface area contributed by atoms with Crippen LogP contribution in [0.4, 0.5) is 0 Å². The van der Waals surface area contributed by atoms with Crippen molar-refractivity contribution in [3.63, 3.8) is 0 Å². The zero-order valence-corrected chi connectivity index (χ0v) is 13.2. The molecule has 2 aromatic rings. The lowest BCUT2D eigenvalue weighted by Gasteiger charge is -2.07. The predicted octanol–water partition coefficient (Wildman–Crippen LogP) is 1.17. The normalized spacial score (nSPS) is 11.5. The van der Waals surface area contributed by atoms with E-state index in [9.17, 15) is 4.79 Å². The lowest BCUT2D eigenvalue weighted by molar-refractivity contribution is -0.119. The molecule has 1 aromatic heterocycles. The zero-order chi connectivity index (χ0) is 15.2. The summed E-state index contributed by atoms with van der Waals surface area (Å²) in [6.07, 6.45) is 0.657. The minimum Gasteiger partial charge on any atom is -0.483 e. The van der Waals surface area contributed by atoms with Crippen molar-refractivity contribution in [2.75, 3.05) is 13.7 Å². The topological polar surface area (TPSA) is 103 Å². The molecule has 120 valence electrons. The Kier molecular flexibility index (Phi) is 6.81. The average molecular weight is 327 g/mol. The van der Waals surface area contributed by atoms with Gasteiger partial charge in [0.05, 0.1) is 5.56 Å². The number of nitrogens with one attached hydrogen (secondary N) is 1. The van der Waals surface area contributed by atoms with E-state index in [-0.39, 0.29) is 25.1 Å². The van der Waals surface area contributed by atoms with Gasteiger partial charge in [-0.05, 0) is 26.1 Å². The van der Waals surface area contributed by atoms with Gasteiger partial charge in [-0.25, -0.2) is 0 Å². The highest BCUT2D eigenvalue weighted by molar-refractivity contribution is 5.85. The molecule has 22 heavy (non-hydrogen) atoms. The average Bonchev–Trinajstić information content (AvgIpc) is 2.93. The first-order chi connectivity index (χ1) is 10.1. The first kappa shape index (κ1) is 17.9. The Labute approximate surface area is 134 Å². The second-order valence-corrected chi connectivity index (χ2v) is 4.66. The maximum absolute atomic E-state index is 10.8. The van der Waals surface area contributed by atoms with Gasteiger partial charge in [-0.3, -0.25) is 4.79 Å². The Morgan fingerprint density at radius 2 is 2.18 bits per heavy atom. The number of hydrogen-bond acceptors (Lipinski definition) is 6. The molecule has 1 amide bonds. The Bertz CT molecular complexity index is 618. The van der Waals surface area contributed by atoms with Gasteiger partial charge in [-0.15, -0.1) is 12.4 Å². The van der Waals surface area contributed by atoms with Gasteiger partial charge in [-0.2, -0.15) is 4.98 Å². The third-order valence-electron chi connectivity index (χ3n) is 2.94. The molecule has 0 spiro atoms. The van der Waals surface area contributed by atoms with Crippen molar-refractivity contribution < 1.29 is 14.1 Å². The van der Waals surface area contributed by atoms with Crippen molar-refractivity contribution in [3.8, 4) is 17.2 Å². The van der Waals surface area contributed by atoms with Crippen LogP contribution >= 0.6 is 12.4 Å². The van der Waals surface area contributed by atoms with E-state index in [1.54, 1.807) is 18.2 Å². The van der Waals surface area contributed by atoms with Crippen LogP contribution in [0.25, 0.3) is 11.5 Å². The fourth-order valence-corrected chi connectivity index (χ4v) is 1.74. The van der Waals surface area contributed by atoms with E-state index in [1.807, 2.05) is 20.0 Å². The van der Waals surface area contributed by atoms with Gasteiger partial charge in [0.2, 0.25) is 0 Å². The number of halogens is 1. The van der Waals surface area contributed by atoms with Gasteiger partial charge in [0.25, 0.3) is 11.8 Å². The number of aromatic nitrogens is 2. The summed E-state index contributed by atoms with van der Waals surface area (Å²) in [4.78, 5) is 15.2. The van der Waals surface area contributed by atoms with E-state index < -0.39 is 5.91 Å². The fourth-order valence-electron chi connectivity index (χ4n) is 1.74. The van der Waals surface area contributed by atoms with Gasteiger partial charge < -0.3 is 20.3 Å². The lowest BCUT2D eigenvalue weighted by Crippen LogP contribution is -2.24. The first-order valence-electron chi connectivity index (χ1n) is 6.60. The number of likely N-dealkylation sites (N-methyl/N-ethyl adjacent to an activating group) is 1. The van der Waals surface area contributed by atoms with Crippen LogP contribution < -0.4 is 15.8 Å². The molecule has 1 atom stereocenters. The molecule has 2 rings (SSSR count). The van der Waals surface area contributed by atoms with Crippen molar-refractivity contribution in [1.29, 1.82) is 0 Å². The highest BCUT2D eigenvalue weighted by atomic mass is 35.5. The molecule has 0 aliphatic heterocycles. The number of nitrogens with two attached hydrogens (primary N) is 1. The summed E-state index contributed by atoms with van der Waals surface area (Å²) < 4.78 is 10.6. The van der Waals surface area contributed by atoms with E-state index >= 15 is 0 Å².